The van der Waals surface area contributed by atoms with Crippen molar-refractivity contribution in [3.05, 3.63) is 82.7 Å². The van der Waals surface area contributed by atoms with Crippen molar-refractivity contribution in [2.24, 2.45) is 0 Å². The van der Waals surface area contributed by atoms with Gasteiger partial charge in [0.25, 0.3) is 5.91 Å². The molecular weight excluding hydrogens is 467 g/mol. The van der Waals surface area contributed by atoms with Crippen molar-refractivity contribution in [1.29, 1.82) is 0 Å². The molecule has 0 spiro atoms. The number of hydrogen-bond acceptors (Lipinski definition) is 6. The van der Waals surface area contributed by atoms with Crippen LogP contribution < -0.4 is 25.2 Å². The monoisotopic (exact) mass is 485 g/mol. The first-order valence-corrected chi connectivity index (χ1v) is 10.1. The van der Waals surface area contributed by atoms with Crippen LogP contribution in [0.3, 0.4) is 0 Å². The highest BCUT2D eigenvalue weighted by Gasteiger charge is 2.32. The number of rotatable bonds is 6. The summed E-state index contributed by atoms with van der Waals surface area (Å²) >= 11 is 0. The van der Waals surface area contributed by atoms with Crippen molar-refractivity contribution >= 4 is 22.6 Å². The van der Waals surface area contributed by atoms with Gasteiger partial charge in [0.15, 0.2) is 22.8 Å². The second-order valence-corrected chi connectivity index (χ2v) is 7.27. The lowest BCUT2D eigenvalue weighted by Gasteiger charge is -2.12. The molecule has 7 nitrogen and oxygen atoms in total. The molecular formula is C25H18F3NO6. The molecule has 0 fully saturated rings. The number of para-hydroxylation sites is 1. The minimum absolute atomic E-state index is 0.0931. The Morgan fingerprint density at radius 3 is 2.29 bits per heavy atom. The van der Waals surface area contributed by atoms with E-state index in [0.717, 1.165) is 23.3 Å². The zero-order valence-corrected chi connectivity index (χ0v) is 18.4. The van der Waals surface area contributed by atoms with Crippen LogP contribution in [-0.2, 0) is 0 Å². The summed E-state index contributed by atoms with van der Waals surface area (Å²) in [6, 6.07) is 17.0. The minimum atomic E-state index is -4.97. The normalized spacial score (nSPS) is 11.2. The maximum atomic E-state index is 12.8. The highest BCUT2D eigenvalue weighted by Crippen LogP contribution is 2.33. The van der Waals surface area contributed by atoms with Gasteiger partial charge in [-0.05, 0) is 47.5 Å². The first-order valence-electron chi connectivity index (χ1n) is 10.1. The molecule has 0 aliphatic heterocycles. The van der Waals surface area contributed by atoms with Crippen LogP contribution >= 0.6 is 0 Å². The van der Waals surface area contributed by atoms with Gasteiger partial charge >= 0.3 is 12.0 Å². The molecule has 0 saturated heterocycles. The number of carbonyl (C=O) groups is 1. The van der Waals surface area contributed by atoms with Gasteiger partial charge in [-0.1, -0.05) is 30.3 Å². The van der Waals surface area contributed by atoms with Crippen LogP contribution in [0.4, 0.5) is 18.9 Å². The number of alkyl halides is 3. The SMILES string of the molecule is COc1ccc(-c2cccc(NC(=O)c3cc4cccc(OC(F)(F)F)c4oc3=O)c2)cc1OC. The molecule has 4 aromatic rings. The largest absolute Gasteiger partial charge is 0.573 e. The van der Waals surface area contributed by atoms with Crippen LogP contribution in [-0.4, -0.2) is 26.5 Å². The highest BCUT2D eigenvalue weighted by molar-refractivity contribution is 6.06. The average molecular weight is 485 g/mol. The summed E-state index contributed by atoms with van der Waals surface area (Å²) in [6.45, 7) is 0. The van der Waals surface area contributed by atoms with Crippen molar-refractivity contribution < 1.29 is 36.6 Å². The average Bonchev–Trinajstić information content (AvgIpc) is 2.83. The van der Waals surface area contributed by atoms with Gasteiger partial charge < -0.3 is 23.9 Å². The Balaban J connectivity index is 1.63. The topological polar surface area (TPSA) is 87.0 Å². The number of carbonyl (C=O) groups excluding carboxylic acids is 1. The molecule has 0 radical (unpaired) electrons. The molecule has 0 aliphatic rings. The van der Waals surface area contributed by atoms with Crippen LogP contribution in [0.1, 0.15) is 10.4 Å². The lowest BCUT2D eigenvalue weighted by atomic mass is 10.0. The second-order valence-electron chi connectivity index (χ2n) is 7.27. The predicted octanol–water partition coefficient (Wildman–Crippen LogP) is 5.63. The Morgan fingerprint density at radius 2 is 1.57 bits per heavy atom. The smallest absolute Gasteiger partial charge is 0.493 e. The molecule has 1 N–H and O–H groups in total. The third kappa shape index (κ3) is 5.21. The van der Waals surface area contributed by atoms with Crippen LogP contribution in [0.25, 0.3) is 22.1 Å². The van der Waals surface area contributed by atoms with Crippen molar-refractivity contribution in [3.63, 3.8) is 0 Å². The zero-order chi connectivity index (χ0) is 25.2. The third-order valence-corrected chi connectivity index (χ3v) is 5.03. The van der Waals surface area contributed by atoms with E-state index in [-0.39, 0.29) is 10.9 Å². The van der Waals surface area contributed by atoms with Crippen LogP contribution in [0.2, 0.25) is 0 Å². The molecule has 0 bridgehead atoms. The highest BCUT2D eigenvalue weighted by atomic mass is 19.4. The van der Waals surface area contributed by atoms with Gasteiger partial charge in [-0.15, -0.1) is 13.2 Å². The van der Waals surface area contributed by atoms with Crippen molar-refractivity contribution in [3.8, 4) is 28.4 Å². The molecule has 0 aliphatic carbocycles. The number of nitrogens with one attached hydrogen (secondary N) is 1. The van der Waals surface area contributed by atoms with Gasteiger partial charge in [0.05, 0.1) is 14.2 Å². The summed E-state index contributed by atoms with van der Waals surface area (Å²) in [6.07, 6.45) is -4.97. The number of anilines is 1. The van der Waals surface area contributed by atoms with Gasteiger partial charge in [0.2, 0.25) is 0 Å². The van der Waals surface area contributed by atoms with Gasteiger partial charge in [0.1, 0.15) is 5.56 Å². The third-order valence-electron chi connectivity index (χ3n) is 5.03. The number of methoxy groups -OCH3 is 2. The number of benzene rings is 3. The number of halogens is 3. The summed E-state index contributed by atoms with van der Waals surface area (Å²) in [5.74, 6) is -0.372. The zero-order valence-electron chi connectivity index (χ0n) is 18.4. The number of amides is 1. The molecule has 4 rings (SSSR count). The van der Waals surface area contributed by atoms with Crippen molar-refractivity contribution in [1.82, 2.24) is 0 Å². The first kappa shape index (κ1) is 23.7. The Hall–Kier alpha value is -4.47. The number of fused-ring (bicyclic) bond motifs is 1. The summed E-state index contributed by atoms with van der Waals surface area (Å²) in [7, 11) is 3.05. The van der Waals surface area contributed by atoms with E-state index in [4.69, 9.17) is 13.9 Å². The Kier molecular flexibility index (Phi) is 6.37. The van der Waals surface area contributed by atoms with E-state index in [1.54, 1.807) is 30.3 Å². The van der Waals surface area contributed by atoms with E-state index in [2.05, 4.69) is 10.1 Å². The van der Waals surface area contributed by atoms with E-state index >= 15 is 0 Å². The van der Waals surface area contributed by atoms with E-state index in [1.807, 2.05) is 12.1 Å². The molecule has 1 heterocycles. The molecule has 1 aromatic heterocycles. The molecule has 10 heteroatoms. The molecule has 35 heavy (non-hydrogen) atoms. The standard InChI is InChI=1S/C25H18F3NO6/c1-32-19-10-9-15(13-21(19)33-2)14-5-3-7-17(11-14)29-23(30)18-12-16-6-4-8-20(35-25(26,27)28)22(16)34-24(18)31/h3-13H,1-2H3,(H,29,30). The summed E-state index contributed by atoms with van der Waals surface area (Å²) in [4.78, 5) is 25.2. The number of hydrogen-bond donors (Lipinski definition) is 1. The fourth-order valence-electron chi connectivity index (χ4n) is 3.47. The molecule has 3 aromatic carbocycles. The van der Waals surface area contributed by atoms with Crippen LogP contribution in [0.15, 0.2) is 75.9 Å². The van der Waals surface area contributed by atoms with E-state index in [9.17, 15) is 22.8 Å². The van der Waals surface area contributed by atoms with E-state index in [1.165, 1.54) is 26.4 Å². The molecule has 0 saturated carbocycles. The van der Waals surface area contributed by atoms with Crippen LogP contribution in [0, 0.1) is 0 Å². The maximum absolute atomic E-state index is 12.8. The quantitative estimate of drug-likeness (QED) is 0.357. The Bertz CT molecular complexity index is 1460. The van der Waals surface area contributed by atoms with Gasteiger partial charge in [0, 0.05) is 11.1 Å². The van der Waals surface area contributed by atoms with E-state index in [0.29, 0.717) is 17.2 Å². The lowest BCUT2D eigenvalue weighted by Crippen LogP contribution is -2.21. The molecule has 0 unspecified atom stereocenters. The van der Waals surface area contributed by atoms with Crippen molar-refractivity contribution in [2.75, 3.05) is 19.5 Å². The minimum Gasteiger partial charge on any atom is -0.493 e. The number of ether oxygens (including phenoxy) is 3. The summed E-state index contributed by atoms with van der Waals surface area (Å²) in [5, 5.41) is 2.70. The van der Waals surface area contributed by atoms with Gasteiger partial charge in [-0.3, -0.25) is 4.79 Å². The second kappa shape index (κ2) is 9.41. The van der Waals surface area contributed by atoms with Gasteiger partial charge in [-0.25, -0.2) is 4.79 Å². The van der Waals surface area contributed by atoms with Crippen LogP contribution in [0.5, 0.6) is 17.2 Å². The molecule has 180 valence electrons. The van der Waals surface area contributed by atoms with Gasteiger partial charge in [-0.2, -0.15) is 0 Å². The Labute approximate surface area is 196 Å². The lowest BCUT2D eigenvalue weighted by molar-refractivity contribution is -0.274. The molecule has 1 amide bonds. The predicted molar refractivity (Wildman–Crippen MR) is 122 cm³/mol. The summed E-state index contributed by atoms with van der Waals surface area (Å²) in [5.41, 5.74) is 0.0320. The maximum Gasteiger partial charge on any atom is 0.573 e. The summed E-state index contributed by atoms with van der Waals surface area (Å²) < 4.78 is 57.4. The molecule has 0 atom stereocenters. The van der Waals surface area contributed by atoms with Crippen molar-refractivity contribution in [2.45, 2.75) is 6.36 Å². The fraction of sp³-hybridized carbons (Fsp3) is 0.120. The fourth-order valence-corrected chi connectivity index (χ4v) is 3.47. The van der Waals surface area contributed by atoms with E-state index < -0.39 is 29.2 Å². The first-order chi connectivity index (χ1) is 16.7. The Morgan fingerprint density at radius 1 is 0.857 bits per heavy atom.